The predicted octanol–water partition coefficient (Wildman–Crippen LogP) is 4.18. The van der Waals surface area contributed by atoms with Crippen LogP contribution in [0.15, 0.2) is 30.0 Å². The van der Waals surface area contributed by atoms with Crippen LogP contribution in [0.1, 0.15) is 40.9 Å². The summed E-state index contributed by atoms with van der Waals surface area (Å²) in [5.41, 5.74) is 2.60. The number of aromatic hydroxyl groups is 1. The number of hydrogen-bond donors (Lipinski definition) is 1. The Morgan fingerprint density at radius 1 is 1.10 bits per heavy atom. The Morgan fingerprint density at radius 2 is 1.79 bits per heavy atom. The number of phenolic OH excluding ortho intramolecular Hbond substituents is 1. The summed E-state index contributed by atoms with van der Waals surface area (Å²) in [6.45, 7) is 8.10. The number of fused-ring (bicyclic) bond motifs is 1. The predicted molar refractivity (Wildman–Crippen MR) is 112 cm³/mol. The van der Waals surface area contributed by atoms with Crippen molar-refractivity contribution >= 4 is 11.9 Å². The number of rotatable bonds is 7. The summed E-state index contributed by atoms with van der Waals surface area (Å²) in [6.07, 6.45) is 1.68. The highest BCUT2D eigenvalue weighted by atomic mass is 16.5. The Morgan fingerprint density at radius 3 is 2.41 bits per heavy atom. The summed E-state index contributed by atoms with van der Waals surface area (Å²) < 4.78 is 16.6. The number of carbonyl (C=O) groups is 1. The van der Waals surface area contributed by atoms with Gasteiger partial charge in [0, 0.05) is 6.54 Å². The number of ketones is 1. The second-order valence-electron chi connectivity index (χ2n) is 6.91. The minimum atomic E-state index is -0.187. The number of nitrogens with zero attached hydrogens (tertiary/aromatic N) is 1. The highest BCUT2D eigenvalue weighted by molar-refractivity contribution is 6.15. The fraction of sp³-hybridized carbons (Fsp3) is 0.348. The molecule has 0 bridgehead atoms. The van der Waals surface area contributed by atoms with Crippen LogP contribution in [-0.4, -0.2) is 43.1 Å². The van der Waals surface area contributed by atoms with E-state index < -0.39 is 0 Å². The lowest BCUT2D eigenvalue weighted by Gasteiger charge is -2.20. The third-order valence-electron chi connectivity index (χ3n) is 5.20. The molecule has 6 nitrogen and oxygen atoms in total. The molecule has 29 heavy (non-hydrogen) atoms. The van der Waals surface area contributed by atoms with E-state index in [0.717, 1.165) is 18.7 Å². The lowest BCUT2D eigenvalue weighted by molar-refractivity contribution is 0.101. The fourth-order valence-corrected chi connectivity index (χ4v) is 3.50. The van der Waals surface area contributed by atoms with Crippen molar-refractivity contribution in [2.45, 2.75) is 27.3 Å². The number of aryl methyl sites for hydroxylation is 1. The van der Waals surface area contributed by atoms with Crippen molar-refractivity contribution in [3.05, 3.63) is 52.3 Å². The molecule has 0 aromatic heterocycles. The van der Waals surface area contributed by atoms with Crippen LogP contribution in [-0.2, 0) is 6.54 Å². The molecule has 0 amide bonds. The second kappa shape index (κ2) is 8.57. The van der Waals surface area contributed by atoms with E-state index >= 15 is 0 Å². The molecule has 0 saturated heterocycles. The zero-order valence-corrected chi connectivity index (χ0v) is 17.5. The average molecular weight is 397 g/mol. The van der Waals surface area contributed by atoms with E-state index in [0.29, 0.717) is 40.5 Å². The molecule has 0 saturated carbocycles. The van der Waals surface area contributed by atoms with Gasteiger partial charge in [-0.3, -0.25) is 9.69 Å². The van der Waals surface area contributed by atoms with Crippen molar-refractivity contribution in [1.29, 1.82) is 0 Å². The number of phenols is 1. The molecule has 0 atom stereocenters. The minimum absolute atomic E-state index is 0.147. The van der Waals surface area contributed by atoms with Gasteiger partial charge in [0.2, 0.25) is 5.78 Å². The molecule has 154 valence electrons. The molecule has 0 fully saturated rings. The molecular formula is C23H27NO5. The molecule has 2 aromatic carbocycles. The van der Waals surface area contributed by atoms with Gasteiger partial charge in [0.15, 0.2) is 17.3 Å². The first-order valence-corrected chi connectivity index (χ1v) is 9.67. The van der Waals surface area contributed by atoms with Crippen molar-refractivity contribution in [1.82, 2.24) is 4.90 Å². The van der Waals surface area contributed by atoms with E-state index in [1.807, 2.05) is 6.07 Å². The van der Waals surface area contributed by atoms with E-state index in [-0.39, 0.29) is 17.3 Å². The average Bonchev–Trinajstić information content (AvgIpc) is 3.04. The van der Waals surface area contributed by atoms with Crippen LogP contribution in [0.4, 0.5) is 0 Å². The smallest absolute Gasteiger partial charge is 0.232 e. The van der Waals surface area contributed by atoms with E-state index in [4.69, 9.17) is 14.2 Å². The zero-order chi connectivity index (χ0) is 21.1. The van der Waals surface area contributed by atoms with E-state index in [1.165, 1.54) is 0 Å². The van der Waals surface area contributed by atoms with Crippen LogP contribution in [0.3, 0.4) is 0 Å². The summed E-state index contributed by atoms with van der Waals surface area (Å²) in [5, 5.41) is 10.5. The first-order valence-electron chi connectivity index (χ1n) is 9.67. The van der Waals surface area contributed by atoms with Gasteiger partial charge in [-0.1, -0.05) is 19.9 Å². The maximum atomic E-state index is 13.0. The van der Waals surface area contributed by atoms with Gasteiger partial charge in [-0.05, 0) is 55.4 Å². The Bertz CT molecular complexity index is 960. The summed E-state index contributed by atoms with van der Waals surface area (Å²) in [6, 6.07) is 7.03. The van der Waals surface area contributed by atoms with E-state index in [9.17, 15) is 9.90 Å². The molecule has 0 unspecified atom stereocenters. The highest BCUT2D eigenvalue weighted by Gasteiger charge is 2.33. The normalized spacial score (nSPS) is 14.3. The van der Waals surface area contributed by atoms with Crippen molar-refractivity contribution in [3.63, 3.8) is 0 Å². The lowest BCUT2D eigenvalue weighted by Crippen LogP contribution is -2.22. The van der Waals surface area contributed by atoms with Crippen LogP contribution in [0.2, 0.25) is 0 Å². The van der Waals surface area contributed by atoms with Gasteiger partial charge in [-0.15, -0.1) is 0 Å². The first-order chi connectivity index (χ1) is 13.9. The molecule has 1 heterocycles. The van der Waals surface area contributed by atoms with E-state index in [1.54, 1.807) is 45.4 Å². The molecular weight excluding hydrogens is 370 g/mol. The summed E-state index contributed by atoms with van der Waals surface area (Å²) in [7, 11) is 3.14. The molecule has 1 N–H and O–H groups in total. The van der Waals surface area contributed by atoms with E-state index in [2.05, 4.69) is 18.7 Å². The van der Waals surface area contributed by atoms with Gasteiger partial charge in [-0.2, -0.15) is 0 Å². The molecule has 0 radical (unpaired) electrons. The van der Waals surface area contributed by atoms with Gasteiger partial charge in [0.05, 0.1) is 25.3 Å². The fourth-order valence-electron chi connectivity index (χ4n) is 3.50. The highest BCUT2D eigenvalue weighted by Crippen LogP contribution is 2.42. The van der Waals surface area contributed by atoms with Gasteiger partial charge < -0.3 is 19.3 Å². The lowest BCUT2D eigenvalue weighted by atomic mass is 9.99. The third-order valence-corrected chi connectivity index (χ3v) is 5.20. The number of ether oxygens (including phenoxy) is 3. The van der Waals surface area contributed by atoms with Crippen molar-refractivity contribution < 1.29 is 24.1 Å². The Balaban J connectivity index is 2.02. The first kappa shape index (κ1) is 20.7. The summed E-state index contributed by atoms with van der Waals surface area (Å²) >= 11 is 0. The molecule has 2 aromatic rings. The summed E-state index contributed by atoms with van der Waals surface area (Å²) in [5.74, 6) is 1.81. The summed E-state index contributed by atoms with van der Waals surface area (Å²) in [4.78, 5) is 15.2. The Kier molecular flexibility index (Phi) is 6.13. The zero-order valence-electron chi connectivity index (χ0n) is 17.5. The number of hydrogen-bond acceptors (Lipinski definition) is 6. The molecule has 0 aliphatic carbocycles. The van der Waals surface area contributed by atoms with Gasteiger partial charge in [-0.25, -0.2) is 0 Å². The maximum absolute atomic E-state index is 13.0. The van der Waals surface area contributed by atoms with Crippen LogP contribution in [0.25, 0.3) is 6.08 Å². The van der Waals surface area contributed by atoms with Crippen LogP contribution in [0.5, 0.6) is 23.0 Å². The second-order valence-corrected chi connectivity index (χ2v) is 6.91. The maximum Gasteiger partial charge on any atom is 0.232 e. The van der Waals surface area contributed by atoms with Crippen molar-refractivity contribution in [2.75, 3.05) is 27.3 Å². The minimum Gasteiger partial charge on any atom is -0.507 e. The Hall–Kier alpha value is -2.99. The van der Waals surface area contributed by atoms with Crippen molar-refractivity contribution in [2.24, 2.45) is 0 Å². The van der Waals surface area contributed by atoms with Crippen LogP contribution < -0.4 is 14.2 Å². The number of benzene rings is 2. The monoisotopic (exact) mass is 397 g/mol. The SMILES string of the molecule is CCN(CC)Cc1c(O)cc(C)c2c1O/C(=C\c1ccc(OC)c(OC)c1)C2=O. The number of carbonyl (C=O) groups excluding carboxylic acids is 1. The van der Waals surface area contributed by atoms with Crippen LogP contribution >= 0.6 is 0 Å². The molecule has 6 heteroatoms. The largest absolute Gasteiger partial charge is 0.507 e. The standard InChI is InChI=1S/C23H27NO5/c1-6-24(7-2)13-16-17(25)10-14(3)21-22(26)20(29-23(16)21)12-15-8-9-18(27-4)19(11-15)28-5/h8-12,25H,6-7,13H2,1-5H3/b20-12-. The molecule has 1 aliphatic heterocycles. The third kappa shape index (κ3) is 3.93. The molecule has 0 spiro atoms. The van der Waals surface area contributed by atoms with Gasteiger partial charge in [0.1, 0.15) is 11.5 Å². The van der Waals surface area contributed by atoms with Crippen molar-refractivity contribution in [3.8, 4) is 23.0 Å². The molecule has 1 aliphatic rings. The van der Waals surface area contributed by atoms with Gasteiger partial charge >= 0.3 is 0 Å². The Labute approximate surface area is 171 Å². The number of allylic oxidation sites excluding steroid dienone is 1. The quantitative estimate of drug-likeness (QED) is 0.707. The number of Topliss-reactive ketones (excluding diaryl/α,β-unsaturated/α-hetero) is 1. The number of methoxy groups -OCH3 is 2. The van der Waals surface area contributed by atoms with Gasteiger partial charge in [0.25, 0.3) is 0 Å². The van der Waals surface area contributed by atoms with Crippen LogP contribution in [0, 0.1) is 6.92 Å². The molecule has 3 rings (SSSR count). The topological polar surface area (TPSA) is 68.2 Å².